The molecule has 1 aliphatic carbocycles. The Bertz CT molecular complexity index is 750. The lowest BCUT2D eigenvalue weighted by atomic mass is 9.69. The van der Waals surface area contributed by atoms with E-state index in [0.29, 0.717) is 0 Å². The number of rotatable bonds is 3. The molecule has 0 atom stereocenters. The number of hydrogen-bond acceptors (Lipinski definition) is 4. The summed E-state index contributed by atoms with van der Waals surface area (Å²) in [4.78, 5) is 11.9. The van der Waals surface area contributed by atoms with Crippen LogP contribution >= 0.6 is 0 Å². The van der Waals surface area contributed by atoms with Gasteiger partial charge in [0.15, 0.2) is 12.0 Å². The molecule has 5 nitrogen and oxygen atoms in total. The Kier molecular flexibility index (Phi) is 2.44. The number of aromatic amines is 1. The van der Waals surface area contributed by atoms with E-state index in [2.05, 4.69) is 15.0 Å². The number of aliphatic hydroxyl groups excluding tert-OH is 1. The first-order valence-electron chi connectivity index (χ1n) is 6.81. The number of imidazole rings is 1. The van der Waals surface area contributed by atoms with Crippen LogP contribution in [-0.4, -0.2) is 26.7 Å². The van der Waals surface area contributed by atoms with E-state index in [9.17, 15) is 5.11 Å². The first kappa shape index (κ1) is 11.7. The maximum absolute atomic E-state index is 9.60. The predicted molar refractivity (Wildman–Crippen MR) is 74.2 cm³/mol. The number of nitrogens with zero attached hydrogens (tertiary/aromatic N) is 2. The lowest BCUT2D eigenvalue weighted by molar-refractivity contribution is 0.113. The van der Waals surface area contributed by atoms with Crippen LogP contribution in [0, 0.1) is 0 Å². The molecular weight excluding hydrogens is 254 g/mol. The fraction of sp³-hybridized carbons (Fsp3) is 0.333. The molecule has 1 aromatic carbocycles. The van der Waals surface area contributed by atoms with E-state index in [1.165, 1.54) is 6.39 Å². The van der Waals surface area contributed by atoms with Crippen LogP contribution in [-0.2, 0) is 5.41 Å². The third-order valence-electron chi connectivity index (χ3n) is 4.33. The van der Waals surface area contributed by atoms with Crippen LogP contribution in [0.1, 0.15) is 25.1 Å². The van der Waals surface area contributed by atoms with Gasteiger partial charge in [-0.15, -0.1) is 0 Å². The minimum atomic E-state index is -0.158. The second-order valence-electron chi connectivity index (χ2n) is 5.47. The molecule has 1 fully saturated rings. The maximum atomic E-state index is 9.60. The maximum Gasteiger partial charge on any atom is 0.181 e. The van der Waals surface area contributed by atoms with E-state index in [0.717, 1.165) is 47.4 Å². The Morgan fingerprint density at radius 1 is 1.30 bits per heavy atom. The summed E-state index contributed by atoms with van der Waals surface area (Å²) >= 11 is 0. The van der Waals surface area contributed by atoms with Crippen LogP contribution in [0.3, 0.4) is 0 Å². The van der Waals surface area contributed by atoms with Crippen LogP contribution in [0.25, 0.3) is 22.4 Å². The minimum Gasteiger partial charge on any atom is -0.443 e. The van der Waals surface area contributed by atoms with Crippen molar-refractivity contribution in [1.29, 1.82) is 0 Å². The predicted octanol–water partition coefficient (Wildman–Crippen LogP) is 2.63. The van der Waals surface area contributed by atoms with Crippen LogP contribution < -0.4 is 0 Å². The first-order valence-corrected chi connectivity index (χ1v) is 6.81. The van der Waals surface area contributed by atoms with Gasteiger partial charge in [0, 0.05) is 5.56 Å². The fourth-order valence-corrected chi connectivity index (χ4v) is 2.83. The molecule has 2 heterocycles. The molecule has 1 saturated carbocycles. The monoisotopic (exact) mass is 269 g/mol. The topological polar surface area (TPSA) is 74.9 Å². The lowest BCUT2D eigenvalue weighted by Gasteiger charge is -2.38. The average molecular weight is 269 g/mol. The van der Waals surface area contributed by atoms with Gasteiger partial charge in [-0.25, -0.2) is 9.97 Å². The number of hydrogen-bond donors (Lipinski definition) is 2. The van der Waals surface area contributed by atoms with E-state index in [1.807, 2.05) is 24.4 Å². The highest BCUT2D eigenvalue weighted by atomic mass is 16.3. The lowest BCUT2D eigenvalue weighted by Crippen LogP contribution is -2.39. The number of aromatic nitrogens is 3. The minimum absolute atomic E-state index is 0.154. The highest BCUT2D eigenvalue weighted by Gasteiger charge is 2.40. The molecule has 0 radical (unpaired) electrons. The average Bonchev–Trinajstić information content (AvgIpc) is 3.06. The number of nitrogens with one attached hydrogen (secondary N) is 1. The Morgan fingerprint density at radius 2 is 2.20 bits per heavy atom. The second kappa shape index (κ2) is 4.18. The van der Waals surface area contributed by atoms with Crippen molar-refractivity contribution in [3.63, 3.8) is 0 Å². The van der Waals surface area contributed by atoms with E-state index in [1.54, 1.807) is 0 Å². The summed E-state index contributed by atoms with van der Waals surface area (Å²) in [5.41, 5.74) is 3.41. The smallest absolute Gasteiger partial charge is 0.181 e. The van der Waals surface area contributed by atoms with Crippen LogP contribution in [0.5, 0.6) is 0 Å². The van der Waals surface area contributed by atoms with Gasteiger partial charge in [0.25, 0.3) is 0 Å². The van der Waals surface area contributed by atoms with Crippen molar-refractivity contribution in [2.45, 2.75) is 24.7 Å². The van der Waals surface area contributed by atoms with E-state index < -0.39 is 0 Å². The third-order valence-corrected chi connectivity index (χ3v) is 4.33. The molecule has 2 aromatic heterocycles. The van der Waals surface area contributed by atoms with Crippen molar-refractivity contribution in [2.75, 3.05) is 6.61 Å². The SMILES string of the molecule is OCC1(c2ncc(-c3ccc4ncoc4c3)[nH]2)CCC1. The van der Waals surface area contributed by atoms with E-state index >= 15 is 0 Å². The molecule has 0 spiro atoms. The summed E-state index contributed by atoms with van der Waals surface area (Å²) < 4.78 is 5.32. The number of oxazole rings is 1. The van der Waals surface area contributed by atoms with Gasteiger partial charge in [0.1, 0.15) is 11.3 Å². The highest BCUT2D eigenvalue weighted by Crippen LogP contribution is 2.42. The summed E-state index contributed by atoms with van der Waals surface area (Å²) in [6.07, 6.45) is 6.42. The van der Waals surface area contributed by atoms with Gasteiger partial charge in [-0.1, -0.05) is 12.5 Å². The summed E-state index contributed by atoms with van der Waals surface area (Å²) in [6.45, 7) is 0.154. The van der Waals surface area contributed by atoms with Crippen molar-refractivity contribution in [3.8, 4) is 11.3 Å². The molecule has 0 bridgehead atoms. The number of fused-ring (bicyclic) bond motifs is 1. The quantitative estimate of drug-likeness (QED) is 0.766. The van der Waals surface area contributed by atoms with Crippen molar-refractivity contribution >= 4 is 11.1 Å². The van der Waals surface area contributed by atoms with Crippen molar-refractivity contribution < 1.29 is 9.52 Å². The van der Waals surface area contributed by atoms with Crippen molar-refractivity contribution in [2.24, 2.45) is 0 Å². The molecule has 0 unspecified atom stereocenters. The van der Waals surface area contributed by atoms with Gasteiger partial charge in [0.2, 0.25) is 0 Å². The Morgan fingerprint density at radius 3 is 2.95 bits per heavy atom. The van der Waals surface area contributed by atoms with Crippen molar-refractivity contribution in [1.82, 2.24) is 15.0 Å². The summed E-state index contributed by atoms with van der Waals surface area (Å²) in [5, 5.41) is 9.60. The molecular formula is C15H15N3O2. The van der Waals surface area contributed by atoms with Gasteiger partial charge in [-0.05, 0) is 25.0 Å². The third kappa shape index (κ3) is 1.59. The van der Waals surface area contributed by atoms with Crippen molar-refractivity contribution in [3.05, 3.63) is 36.6 Å². The van der Waals surface area contributed by atoms with Gasteiger partial charge in [0.05, 0.1) is 23.9 Å². The molecule has 102 valence electrons. The van der Waals surface area contributed by atoms with Crippen LogP contribution in [0.4, 0.5) is 0 Å². The molecule has 1 aliphatic rings. The van der Waals surface area contributed by atoms with Crippen LogP contribution in [0.15, 0.2) is 35.2 Å². The van der Waals surface area contributed by atoms with E-state index in [-0.39, 0.29) is 12.0 Å². The number of benzene rings is 1. The van der Waals surface area contributed by atoms with Gasteiger partial charge >= 0.3 is 0 Å². The molecule has 4 rings (SSSR count). The standard InChI is InChI=1S/C15H15N3O2/c19-8-15(4-1-5-15)14-16-7-12(18-14)10-2-3-11-13(6-10)20-9-17-11/h2-3,6-7,9,19H,1,4-5,8H2,(H,16,18). The zero-order valence-corrected chi connectivity index (χ0v) is 11.0. The van der Waals surface area contributed by atoms with Crippen LogP contribution in [0.2, 0.25) is 0 Å². The Hall–Kier alpha value is -2.14. The van der Waals surface area contributed by atoms with Gasteiger partial charge < -0.3 is 14.5 Å². The number of H-pyrrole nitrogens is 1. The Balaban J connectivity index is 1.73. The number of aliphatic hydroxyl groups is 1. The van der Waals surface area contributed by atoms with Gasteiger partial charge in [-0.3, -0.25) is 0 Å². The molecule has 20 heavy (non-hydrogen) atoms. The zero-order chi connectivity index (χ0) is 13.6. The zero-order valence-electron chi connectivity index (χ0n) is 11.0. The Labute approximate surface area is 115 Å². The molecule has 0 aliphatic heterocycles. The first-order chi connectivity index (χ1) is 9.81. The van der Waals surface area contributed by atoms with E-state index in [4.69, 9.17) is 4.42 Å². The fourth-order valence-electron chi connectivity index (χ4n) is 2.83. The molecule has 3 aromatic rings. The largest absolute Gasteiger partial charge is 0.443 e. The normalized spacial score (nSPS) is 17.2. The second-order valence-corrected chi connectivity index (χ2v) is 5.47. The van der Waals surface area contributed by atoms with Gasteiger partial charge in [-0.2, -0.15) is 0 Å². The molecule has 5 heteroatoms. The highest BCUT2D eigenvalue weighted by molar-refractivity contribution is 5.78. The summed E-state index contributed by atoms with van der Waals surface area (Å²) in [5.74, 6) is 0.888. The molecule has 0 saturated heterocycles. The molecule has 0 amide bonds. The summed E-state index contributed by atoms with van der Waals surface area (Å²) in [6, 6.07) is 5.88. The molecule has 2 N–H and O–H groups in total. The summed E-state index contributed by atoms with van der Waals surface area (Å²) in [7, 11) is 0.